The average Bonchev–Trinajstić information content (AvgIpc) is 2.78. The number of halogens is 2. The van der Waals surface area contributed by atoms with Gasteiger partial charge in [0.2, 0.25) is 21.8 Å². The summed E-state index contributed by atoms with van der Waals surface area (Å²) in [6.07, 6.45) is 2.02. The molecule has 1 N–H and O–H groups in total. The van der Waals surface area contributed by atoms with Gasteiger partial charge in [0.15, 0.2) is 0 Å². The first-order valence-electron chi connectivity index (χ1n) is 11.0. The third-order valence-corrected chi connectivity index (χ3v) is 6.84. The second kappa shape index (κ2) is 12.2. The molecule has 0 bridgehead atoms. The van der Waals surface area contributed by atoms with Crippen LogP contribution in [0.5, 0.6) is 0 Å². The van der Waals surface area contributed by atoms with E-state index in [1.807, 2.05) is 13.8 Å². The second-order valence-electron chi connectivity index (χ2n) is 8.14. The molecule has 0 spiro atoms. The lowest BCUT2D eigenvalue weighted by Gasteiger charge is -2.33. The predicted molar refractivity (Wildman–Crippen MR) is 133 cm³/mol. The van der Waals surface area contributed by atoms with E-state index in [9.17, 15) is 22.4 Å². The lowest BCUT2D eigenvalue weighted by Crippen LogP contribution is -2.53. The molecule has 0 saturated carbocycles. The van der Waals surface area contributed by atoms with E-state index in [1.165, 1.54) is 17.0 Å². The van der Waals surface area contributed by atoms with E-state index in [4.69, 9.17) is 11.6 Å². The van der Waals surface area contributed by atoms with E-state index in [0.717, 1.165) is 34.7 Å². The smallest absolute Gasteiger partial charge is 0.244 e. The zero-order valence-electron chi connectivity index (χ0n) is 19.8. The average molecular weight is 512 g/mol. The first-order valence-corrected chi connectivity index (χ1v) is 13.3. The maximum atomic E-state index is 13.5. The molecule has 2 rings (SSSR count). The molecule has 0 saturated heterocycles. The van der Waals surface area contributed by atoms with Crippen LogP contribution in [0.25, 0.3) is 0 Å². The summed E-state index contributed by atoms with van der Waals surface area (Å²) in [5.41, 5.74) is 0.890. The topological polar surface area (TPSA) is 86.8 Å². The van der Waals surface area contributed by atoms with Crippen LogP contribution in [0.2, 0.25) is 5.02 Å². The summed E-state index contributed by atoms with van der Waals surface area (Å²) < 4.78 is 39.3. The van der Waals surface area contributed by atoms with Crippen LogP contribution in [0.15, 0.2) is 48.5 Å². The van der Waals surface area contributed by atoms with Crippen LogP contribution in [0, 0.1) is 5.82 Å². The Morgan fingerprint density at radius 3 is 2.12 bits per heavy atom. The van der Waals surface area contributed by atoms with Crippen molar-refractivity contribution in [3.8, 4) is 0 Å². The molecule has 186 valence electrons. The summed E-state index contributed by atoms with van der Waals surface area (Å²) in [5.74, 6) is -1.40. The van der Waals surface area contributed by atoms with Crippen LogP contribution >= 0.6 is 11.6 Å². The fourth-order valence-electron chi connectivity index (χ4n) is 3.37. The van der Waals surface area contributed by atoms with Gasteiger partial charge < -0.3 is 10.2 Å². The molecule has 2 atom stereocenters. The molecule has 34 heavy (non-hydrogen) atoms. The summed E-state index contributed by atoms with van der Waals surface area (Å²) in [6.45, 7) is 5.15. The van der Waals surface area contributed by atoms with Crippen molar-refractivity contribution in [1.29, 1.82) is 0 Å². The first kappa shape index (κ1) is 27.6. The van der Waals surface area contributed by atoms with Crippen LogP contribution < -0.4 is 9.62 Å². The van der Waals surface area contributed by atoms with E-state index >= 15 is 0 Å². The molecule has 0 aliphatic heterocycles. The lowest BCUT2D eigenvalue weighted by atomic mass is 10.1. The Hall–Kier alpha value is -2.65. The van der Waals surface area contributed by atoms with Gasteiger partial charge in [-0.25, -0.2) is 12.8 Å². The number of carbonyl (C=O) groups is 2. The Bertz CT molecular complexity index is 1080. The van der Waals surface area contributed by atoms with Crippen molar-refractivity contribution in [1.82, 2.24) is 10.2 Å². The summed E-state index contributed by atoms with van der Waals surface area (Å²) in [4.78, 5) is 27.9. The number of anilines is 1. The highest BCUT2D eigenvalue weighted by atomic mass is 35.5. The van der Waals surface area contributed by atoms with Crippen molar-refractivity contribution in [2.75, 3.05) is 17.1 Å². The number of hydrogen-bond acceptors (Lipinski definition) is 4. The fraction of sp³-hybridized carbons (Fsp3) is 0.417. The number of nitrogens with one attached hydrogen (secondary N) is 1. The number of amides is 2. The van der Waals surface area contributed by atoms with E-state index in [2.05, 4.69) is 5.32 Å². The molecule has 0 unspecified atom stereocenters. The second-order valence-corrected chi connectivity index (χ2v) is 10.5. The largest absolute Gasteiger partial charge is 0.352 e. The van der Waals surface area contributed by atoms with Gasteiger partial charge in [-0.2, -0.15) is 0 Å². The van der Waals surface area contributed by atoms with Gasteiger partial charge in [-0.3, -0.25) is 13.9 Å². The molecule has 0 radical (unpaired) electrons. The quantitative estimate of drug-likeness (QED) is 0.494. The van der Waals surface area contributed by atoms with Gasteiger partial charge in [0.25, 0.3) is 0 Å². The summed E-state index contributed by atoms with van der Waals surface area (Å²) in [7, 11) is -3.87. The fourth-order valence-corrected chi connectivity index (χ4v) is 4.34. The molecule has 2 aromatic rings. The van der Waals surface area contributed by atoms with Crippen LogP contribution in [0.4, 0.5) is 10.1 Å². The van der Waals surface area contributed by atoms with Crippen LogP contribution in [0.3, 0.4) is 0 Å². The van der Waals surface area contributed by atoms with Gasteiger partial charge in [0, 0.05) is 17.6 Å². The molecule has 0 aliphatic carbocycles. The zero-order chi connectivity index (χ0) is 25.5. The van der Waals surface area contributed by atoms with Crippen LogP contribution in [0.1, 0.15) is 39.2 Å². The van der Waals surface area contributed by atoms with Crippen molar-refractivity contribution in [2.24, 2.45) is 0 Å². The Morgan fingerprint density at radius 1 is 1.03 bits per heavy atom. The third-order valence-electron chi connectivity index (χ3n) is 5.45. The summed E-state index contributed by atoms with van der Waals surface area (Å²) >= 11 is 5.98. The van der Waals surface area contributed by atoms with Gasteiger partial charge in [0.05, 0.1) is 11.9 Å². The van der Waals surface area contributed by atoms with Gasteiger partial charge in [-0.1, -0.05) is 37.6 Å². The van der Waals surface area contributed by atoms with Gasteiger partial charge >= 0.3 is 0 Å². The highest BCUT2D eigenvalue weighted by Gasteiger charge is 2.32. The van der Waals surface area contributed by atoms with Crippen LogP contribution in [-0.2, 0) is 26.2 Å². The number of rotatable bonds is 11. The minimum Gasteiger partial charge on any atom is -0.352 e. The molecule has 0 aromatic heterocycles. The lowest BCUT2D eigenvalue weighted by molar-refractivity contribution is -0.140. The number of nitrogens with zero attached hydrogens (tertiary/aromatic N) is 2. The van der Waals surface area contributed by atoms with E-state index in [-0.39, 0.29) is 24.2 Å². The van der Waals surface area contributed by atoms with Gasteiger partial charge in [-0.15, -0.1) is 0 Å². The van der Waals surface area contributed by atoms with Crippen molar-refractivity contribution >= 4 is 39.1 Å². The standard InChI is InChI=1S/C24H31ClFN3O4S/c1-5-17(3)27-24(31)22(6-2)28(15-18-7-9-19(25)10-8-18)23(30)16-29(34(4,32)33)21-13-11-20(26)12-14-21/h7-14,17,22H,5-6,15-16H2,1-4H3,(H,27,31)/t17-,22-/m1/s1. The molecule has 0 aliphatic rings. The molecule has 2 aromatic carbocycles. The monoisotopic (exact) mass is 511 g/mol. The van der Waals surface area contributed by atoms with Crippen LogP contribution in [-0.4, -0.2) is 50.0 Å². The molecule has 7 nitrogen and oxygen atoms in total. The normalized spacial score (nSPS) is 13.1. The van der Waals surface area contributed by atoms with Crippen molar-refractivity contribution in [3.05, 3.63) is 64.9 Å². The Balaban J connectivity index is 2.41. The Labute approximate surface area is 205 Å². The van der Waals surface area contributed by atoms with Gasteiger partial charge in [-0.05, 0) is 61.7 Å². The minimum absolute atomic E-state index is 0.0826. The van der Waals surface area contributed by atoms with Crippen molar-refractivity contribution < 1.29 is 22.4 Å². The van der Waals surface area contributed by atoms with E-state index in [0.29, 0.717) is 11.4 Å². The van der Waals surface area contributed by atoms with E-state index in [1.54, 1.807) is 31.2 Å². The Morgan fingerprint density at radius 2 is 1.62 bits per heavy atom. The number of sulfonamides is 1. The summed E-state index contributed by atoms with van der Waals surface area (Å²) in [6, 6.07) is 10.8. The number of benzene rings is 2. The van der Waals surface area contributed by atoms with Gasteiger partial charge in [0.1, 0.15) is 18.4 Å². The summed E-state index contributed by atoms with van der Waals surface area (Å²) in [5, 5.41) is 3.44. The predicted octanol–water partition coefficient (Wildman–Crippen LogP) is 3.97. The molecule has 10 heteroatoms. The highest BCUT2D eigenvalue weighted by Crippen LogP contribution is 2.20. The maximum absolute atomic E-state index is 13.5. The molecular weight excluding hydrogens is 481 g/mol. The first-order chi connectivity index (χ1) is 16.0. The SMILES string of the molecule is CC[C@@H](C)NC(=O)[C@@H](CC)N(Cc1ccc(Cl)cc1)C(=O)CN(c1ccc(F)cc1)S(C)(=O)=O. The number of hydrogen-bond donors (Lipinski definition) is 1. The molecule has 0 heterocycles. The third kappa shape index (κ3) is 7.70. The van der Waals surface area contributed by atoms with Crippen molar-refractivity contribution in [3.63, 3.8) is 0 Å². The zero-order valence-corrected chi connectivity index (χ0v) is 21.4. The maximum Gasteiger partial charge on any atom is 0.244 e. The van der Waals surface area contributed by atoms with E-state index < -0.39 is 34.3 Å². The highest BCUT2D eigenvalue weighted by molar-refractivity contribution is 7.92. The van der Waals surface area contributed by atoms with Crippen molar-refractivity contribution in [2.45, 2.75) is 52.2 Å². The molecule has 0 fully saturated rings. The molecular formula is C24H31ClFN3O4S. The molecule has 2 amide bonds. The number of carbonyl (C=O) groups excluding carboxylic acids is 2. The minimum atomic E-state index is -3.87. The Kier molecular flexibility index (Phi) is 9.88.